The lowest BCUT2D eigenvalue weighted by Crippen LogP contribution is -2.35. The van der Waals surface area contributed by atoms with E-state index >= 15 is 0 Å². The maximum atomic E-state index is 13.3. The highest BCUT2D eigenvalue weighted by atomic mass is 32.2. The normalized spacial score (nSPS) is 12.7. The fourth-order valence-corrected chi connectivity index (χ4v) is 4.82. The molecule has 0 fully saturated rings. The fourth-order valence-electron chi connectivity index (χ4n) is 3.98. The molecule has 5 nitrogen and oxygen atoms in total. The molecule has 1 heterocycles. The summed E-state index contributed by atoms with van der Waals surface area (Å²) in [6, 6.07) is 23.1. The standard InChI is InChI=1S/C27H27F3N4OS/c1-33(2)24(20-11-7-4-8-12-20)16-31-25(35)18-36-26-32-22-15-21(27(28,29)30)13-14-23(22)34(26)17-19-9-5-3-6-10-19/h3-15,24H,16-18H2,1-2H3,(H,31,35)/t24-/m0/s1. The molecule has 0 spiro atoms. The van der Waals surface area contributed by atoms with Crippen LogP contribution in [0.1, 0.15) is 22.7 Å². The average molecular weight is 513 g/mol. The Bertz CT molecular complexity index is 1310. The van der Waals surface area contributed by atoms with E-state index in [0.29, 0.717) is 23.8 Å². The van der Waals surface area contributed by atoms with Gasteiger partial charge in [0, 0.05) is 6.54 Å². The molecule has 0 saturated heterocycles. The van der Waals surface area contributed by atoms with Crippen molar-refractivity contribution in [3.8, 4) is 0 Å². The minimum Gasteiger partial charge on any atom is -0.353 e. The number of halogens is 3. The largest absolute Gasteiger partial charge is 0.416 e. The van der Waals surface area contributed by atoms with Gasteiger partial charge in [-0.25, -0.2) is 4.98 Å². The van der Waals surface area contributed by atoms with Crippen molar-refractivity contribution in [2.24, 2.45) is 0 Å². The van der Waals surface area contributed by atoms with Crippen molar-refractivity contribution in [1.82, 2.24) is 19.8 Å². The second kappa shape index (κ2) is 11.2. The van der Waals surface area contributed by atoms with Crippen molar-refractivity contribution in [2.75, 3.05) is 26.4 Å². The Labute approximate surface area is 212 Å². The van der Waals surface area contributed by atoms with Crippen LogP contribution in [0.4, 0.5) is 13.2 Å². The van der Waals surface area contributed by atoms with Gasteiger partial charge in [-0.3, -0.25) is 4.79 Å². The molecule has 4 aromatic rings. The zero-order valence-corrected chi connectivity index (χ0v) is 20.8. The molecule has 1 amide bonds. The first kappa shape index (κ1) is 25.8. The number of aromatic nitrogens is 2. The molecule has 0 aliphatic heterocycles. The van der Waals surface area contributed by atoms with E-state index in [1.807, 2.05) is 84.2 Å². The number of rotatable bonds is 9. The van der Waals surface area contributed by atoms with Gasteiger partial charge in [-0.15, -0.1) is 0 Å². The highest BCUT2D eigenvalue weighted by Crippen LogP contribution is 2.33. The van der Waals surface area contributed by atoms with Gasteiger partial charge < -0.3 is 14.8 Å². The number of benzene rings is 3. The van der Waals surface area contributed by atoms with Crippen LogP contribution in [0, 0.1) is 0 Å². The van der Waals surface area contributed by atoms with Gasteiger partial charge >= 0.3 is 6.18 Å². The summed E-state index contributed by atoms with van der Waals surface area (Å²) in [5, 5.41) is 3.47. The number of fused-ring (bicyclic) bond motifs is 1. The molecule has 0 bridgehead atoms. The quantitative estimate of drug-likeness (QED) is 0.296. The third kappa shape index (κ3) is 6.27. The SMILES string of the molecule is CN(C)[C@@H](CNC(=O)CSc1nc2cc(C(F)(F)F)ccc2n1Cc1ccccc1)c1ccccc1. The molecule has 9 heteroatoms. The molecule has 36 heavy (non-hydrogen) atoms. The van der Waals surface area contributed by atoms with Gasteiger partial charge in [0.2, 0.25) is 5.91 Å². The Morgan fingerprint density at radius 2 is 1.69 bits per heavy atom. The number of amides is 1. The summed E-state index contributed by atoms with van der Waals surface area (Å²) in [5.41, 5.74) is 2.18. The summed E-state index contributed by atoms with van der Waals surface area (Å²) in [6.07, 6.45) is -4.45. The van der Waals surface area contributed by atoms with Gasteiger partial charge in [-0.2, -0.15) is 13.2 Å². The predicted octanol–water partition coefficient (Wildman–Crippen LogP) is 5.61. The van der Waals surface area contributed by atoms with E-state index in [-0.39, 0.29) is 23.2 Å². The molecule has 0 aliphatic rings. The van der Waals surface area contributed by atoms with Crippen LogP contribution < -0.4 is 5.32 Å². The van der Waals surface area contributed by atoms with E-state index in [1.165, 1.54) is 17.8 Å². The van der Waals surface area contributed by atoms with E-state index in [2.05, 4.69) is 10.3 Å². The van der Waals surface area contributed by atoms with E-state index in [0.717, 1.165) is 23.3 Å². The van der Waals surface area contributed by atoms with Gasteiger partial charge in [-0.05, 0) is 43.4 Å². The van der Waals surface area contributed by atoms with Crippen LogP contribution in [-0.2, 0) is 17.5 Å². The summed E-state index contributed by atoms with van der Waals surface area (Å²) < 4.78 is 41.6. The number of nitrogens with zero attached hydrogens (tertiary/aromatic N) is 3. The highest BCUT2D eigenvalue weighted by Gasteiger charge is 2.31. The van der Waals surface area contributed by atoms with Crippen molar-refractivity contribution in [3.63, 3.8) is 0 Å². The van der Waals surface area contributed by atoms with Gasteiger partial charge in [-0.1, -0.05) is 72.4 Å². The van der Waals surface area contributed by atoms with Crippen LogP contribution >= 0.6 is 11.8 Å². The molecule has 0 saturated carbocycles. The second-order valence-corrected chi connectivity index (χ2v) is 9.59. The first-order valence-electron chi connectivity index (χ1n) is 11.4. The Balaban J connectivity index is 1.51. The third-order valence-corrected chi connectivity index (χ3v) is 6.83. The molecule has 0 radical (unpaired) electrons. The lowest BCUT2D eigenvalue weighted by molar-refractivity contribution is -0.137. The Morgan fingerprint density at radius 3 is 2.33 bits per heavy atom. The Hall–Kier alpha value is -3.30. The van der Waals surface area contributed by atoms with E-state index in [9.17, 15) is 18.0 Å². The molecule has 0 unspecified atom stereocenters. The number of carbonyl (C=O) groups is 1. The minimum absolute atomic E-state index is 0.0172. The van der Waals surface area contributed by atoms with E-state index in [1.54, 1.807) is 0 Å². The number of hydrogen-bond donors (Lipinski definition) is 1. The molecule has 1 N–H and O–H groups in total. The topological polar surface area (TPSA) is 50.2 Å². The molecule has 4 rings (SSSR count). The maximum absolute atomic E-state index is 13.3. The number of thioether (sulfide) groups is 1. The number of imidazole rings is 1. The highest BCUT2D eigenvalue weighted by molar-refractivity contribution is 7.99. The summed E-state index contributed by atoms with van der Waals surface area (Å²) in [7, 11) is 3.92. The van der Waals surface area contributed by atoms with Crippen LogP contribution in [0.3, 0.4) is 0 Å². The Morgan fingerprint density at radius 1 is 1.03 bits per heavy atom. The van der Waals surface area contributed by atoms with Gasteiger partial charge in [0.15, 0.2) is 5.16 Å². The van der Waals surface area contributed by atoms with Crippen LogP contribution in [0.5, 0.6) is 0 Å². The zero-order valence-electron chi connectivity index (χ0n) is 20.0. The monoisotopic (exact) mass is 512 g/mol. The van der Waals surface area contributed by atoms with Crippen LogP contribution in [0.2, 0.25) is 0 Å². The lowest BCUT2D eigenvalue weighted by Gasteiger charge is -2.25. The smallest absolute Gasteiger partial charge is 0.353 e. The van der Waals surface area contributed by atoms with E-state index in [4.69, 9.17) is 0 Å². The summed E-state index contributed by atoms with van der Waals surface area (Å²) in [6.45, 7) is 0.870. The molecule has 0 aliphatic carbocycles. The van der Waals surface area contributed by atoms with Crippen LogP contribution in [0.25, 0.3) is 11.0 Å². The predicted molar refractivity (Wildman–Crippen MR) is 137 cm³/mol. The molecule has 1 aromatic heterocycles. The molecule has 1 atom stereocenters. The minimum atomic E-state index is -4.45. The lowest BCUT2D eigenvalue weighted by atomic mass is 10.1. The van der Waals surface area contributed by atoms with Crippen molar-refractivity contribution < 1.29 is 18.0 Å². The second-order valence-electron chi connectivity index (χ2n) is 8.65. The average Bonchev–Trinajstić information content (AvgIpc) is 3.20. The number of hydrogen-bond acceptors (Lipinski definition) is 4. The van der Waals surface area contributed by atoms with Crippen molar-refractivity contribution in [1.29, 1.82) is 0 Å². The number of nitrogens with one attached hydrogen (secondary N) is 1. The third-order valence-electron chi connectivity index (χ3n) is 5.86. The summed E-state index contributed by atoms with van der Waals surface area (Å²) in [5.74, 6) is -0.0730. The van der Waals surface area contributed by atoms with Gasteiger partial charge in [0.05, 0.1) is 34.9 Å². The molecular formula is C27H27F3N4OS. The van der Waals surface area contributed by atoms with Crippen molar-refractivity contribution in [2.45, 2.75) is 23.9 Å². The first-order valence-corrected chi connectivity index (χ1v) is 12.4. The van der Waals surface area contributed by atoms with Crippen LogP contribution in [0.15, 0.2) is 84.0 Å². The molecule has 3 aromatic carbocycles. The summed E-state index contributed by atoms with van der Waals surface area (Å²) in [4.78, 5) is 19.2. The Kier molecular flexibility index (Phi) is 8.01. The van der Waals surface area contributed by atoms with Crippen molar-refractivity contribution >= 4 is 28.7 Å². The van der Waals surface area contributed by atoms with Gasteiger partial charge in [0.1, 0.15) is 0 Å². The number of likely N-dealkylation sites (N-methyl/N-ethyl adjacent to an activating group) is 1. The molecular weight excluding hydrogens is 485 g/mol. The zero-order chi connectivity index (χ0) is 25.7. The number of carbonyl (C=O) groups excluding carboxylic acids is 1. The number of alkyl halides is 3. The van der Waals surface area contributed by atoms with Gasteiger partial charge in [0.25, 0.3) is 0 Å². The maximum Gasteiger partial charge on any atom is 0.416 e. The van der Waals surface area contributed by atoms with E-state index < -0.39 is 11.7 Å². The van der Waals surface area contributed by atoms with Crippen LogP contribution in [-0.4, -0.2) is 46.8 Å². The first-order chi connectivity index (χ1) is 17.2. The fraction of sp³-hybridized carbons (Fsp3) is 0.259. The summed E-state index contributed by atoms with van der Waals surface area (Å²) >= 11 is 1.21. The van der Waals surface area contributed by atoms with Crippen molar-refractivity contribution in [3.05, 3.63) is 95.6 Å². The molecule has 188 valence electrons.